The predicted octanol–water partition coefficient (Wildman–Crippen LogP) is 4.39. The van der Waals surface area contributed by atoms with Crippen molar-refractivity contribution in [2.24, 2.45) is 0 Å². The second-order valence-corrected chi connectivity index (χ2v) is 7.47. The lowest BCUT2D eigenvalue weighted by Crippen LogP contribution is -2.50. The fourth-order valence-corrected chi connectivity index (χ4v) is 4.01. The van der Waals surface area contributed by atoms with Gasteiger partial charge in [-0.1, -0.05) is 25.1 Å². The van der Waals surface area contributed by atoms with E-state index in [2.05, 4.69) is 17.9 Å². The van der Waals surface area contributed by atoms with Crippen LogP contribution in [0, 0.1) is 5.82 Å². The lowest BCUT2D eigenvalue weighted by Gasteiger charge is -2.44. The first kappa shape index (κ1) is 17.2. The topological polar surface area (TPSA) is 29.5 Å². The zero-order valence-corrected chi connectivity index (χ0v) is 15.1. The zero-order valence-electron chi connectivity index (χ0n) is 15.1. The molecule has 0 saturated carbocycles. The van der Waals surface area contributed by atoms with Gasteiger partial charge in [0, 0.05) is 32.5 Å². The number of fused-ring (bicyclic) bond motifs is 1. The average molecular weight is 353 g/mol. The van der Waals surface area contributed by atoms with Crippen LogP contribution in [-0.2, 0) is 13.0 Å². The van der Waals surface area contributed by atoms with Crippen molar-refractivity contribution in [1.82, 2.24) is 4.90 Å². The Labute approximate surface area is 153 Å². The van der Waals surface area contributed by atoms with Crippen molar-refractivity contribution in [3.63, 3.8) is 0 Å². The first-order valence-electron chi connectivity index (χ1n) is 9.39. The summed E-state index contributed by atoms with van der Waals surface area (Å²) in [5.41, 5.74) is 2.66. The maximum absolute atomic E-state index is 13.0. The van der Waals surface area contributed by atoms with Crippen molar-refractivity contribution < 1.29 is 13.9 Å². The predicted molar refractivity (Wildman–Crippen MR) is 99.0 cm³/mol. The highest BCUT2D eigenvalue weighted by Crippen LogP contribution is 2.39. The van der Waals surface area contributed by atoms with Gasteiger partial charge >= 0.3 is 0 Å². The van der Waals surface area contributed by atoms with Crippen LogP contribution in [0.3, 0.4) is 0 Å². The SMILES string of the molecule is CCc1ccc2c(c1)C(=O)CC1(CCN(Cc3ccc(F)cc3)CC1)O2. The van der Waals surface area contributed by atoms with E-state index in [0.717, 1.165) is 55.8 Å². The molecule has 0 aliphatic carbocycles. The largest absolute Gasteiger partial charge is 0.486 e. The highest BCUT2D eigenvalue weighted by atomic mass is 19.1. The Morgan fingerprint density at radius 2 is 1.77 bits per heavy atom. The lowest BCUT2D eigenvalue weighted by atomic mass is 9.82. The molecule has 1 fully saturated rings. The Kier molecular flexibility index (Phi) is 4.53. The molecule has 0 aromatic heterocycles. The number of aryl methyl sites for hydroxylation is 1. The number of hydrogen-bond acceptors (Lipinski definition) is 3. The van der Waals surface area contributed by atoms with Gasteiger partial charge in [-0.05, 0) is 41.8 Å². The fraction of sp³-hybridized carbons (Fsp3) is 0.409. The van der Waals surface area contributed by atoms with E-state index in [9.17, 15) is 9.18 Å². The van der Waals surface area contributed by atoms with Crippen LogP contribution in [-0.4, -0.2) is 29.4 Å². The number of rotatable bonds is 3. The lowest BCUT2D eigenvalue weighted by molar-refractivity contribution is -0.0107. The van der Waals surface area contributed by atoms with Crippen molar-refractivity contribution in [2.45, 2.75) is 44.8 Å². The smallest absolute Gasteiger partial charge is 0.170 e. The standard InChI is InChI=1S/C22H24FNO2/c1-2-16-5-8-21-19(13-16)20(25)14-22(26-21)9-11-24(12-10-22)15-17-3-6-18(23)7-4-17/h3-8,13H,2,9-12,14-15H2,1H3. The van der Waals surface area contributed by atoms with Crippen LogP contribution in [0.4, 0.5) is 4.39 Å². The molecule has 0 amide bonds. The quantitative estimate of drug-likeness (QED) is 0.820. The highest BCUT2D eigenvalue weighted by molar-refractivity contribution is 6.00. The van der Waals surface area contributed by atoms with Gasteiger partial charge in [0.2, 0.25) is 0 Å². The molecule has 2 aromatic rings. The van der Waals surface area contributed by atoms with E-state index in [1.165, 1.54) is 17.7 Å². The van der Waals surface area contributed by atoms with Gasteiger partial charge in [-0.3, -0.25) is 9.69 Å². The number of ether oxygens (including phenoxy) is 1. The van der Waals surface area contributed by atoms with E-state index in [1.807, 2.05) is 24.3 Å². The minimum atomic E-state index is -0.364. The number of hydrogen-bond donors (Lipinski definition) is 0. The number of halogens is 1. The minimum Gasteiger partial charge on any atom is -0.486 e. The maximum atomic E-state index is 13.0. The summed E-state index contributed by atoms with van der Waals surface area (Å²) in [5.74, 6) is 0.740. The van der Waals surface area contributed by atoms with Gasteiger partial charge in [-0.15, -0.1) is 0 Å². The van der Waals surface area contributed by atoms with Crippen LogP contribution in [0.25, 0.3) is 0 Å². The van der Waals surface area contributed by atoms with E-state index < -0.39 is 0 Å². The molecule has 3 nitrogen and oxygen atoms in total. The molecule has 0 radical (unpaired) electrons. The molecule has 1 spiro atoms. The Hall–Kier alpha value is -2.20. The van der Waals surface area contributed by atoms with E-state index in [1.54, 1.807) is 0 Å². The molecule has 0 atom stereocenters. The second-order valence-electron chi connectivity index (χ2n) is 7.47. The van der Waals surface area contributed by atoms with Crippen LogP contribution in [0.2, 0.25) is 0 Å². The summed E-state index contributed by atoms with van der Waals surface area (Å²) in [6.45, 7) is 4.66. The van der Waals surface area contributed by atoms with Crippen LogP contribution >= 0.6 is 0 Å². The molecule has 0 bridgehead atoms. The highest BCUT2D eigenvalue weighted by Gasteiger charge is 2.42. The molecule has 4 rings (SSSR count). The third kappa shape index (κ3) is 3.38. The number of ketones is 1. The van der Waals surface area contributed by atoms with Crippen LogP contribution in [0.1, 0.15) is 47.7 Å². The number of Topliss-reactive ketones (excluding diaryl/α,β-unsaturated/α-hetero) is 1. The van der Waals surface area contributed by atoms with E-state index in [0.29, 0.717) is 6.42 Å². The van der Waals surface area contributed by atoms with E-state index in [4.69, 9.17) is 4.74 Å². The zero-order chi connectivity index (χ0) is 18.1. The summed E-state index contributed by atoms with van der Waals surface area (Å²) in [6, 6.07) is 12.7. The minimum absolute atomic E-state index is 0.202. The molecule has 0 unspecified atom stereocenters. The molecule has 136 valence electrons. The first-order valence-corrected chi connectivity index (χ1v) is 9.39. The molecule has 1 saturated heterocycles. The summed E-state index contributed by atoms with van der Waals surface area (Å²) in [5, 5.41) is 0. The normalized spacial score (nSPS) is 19.2. The van der Waals surface area contributed by atoms with Crippen molar-refractivity contribution >= 4 is 5.78 Å². The molecule has 2 heterocycles. The Balaban J connectivity index is 1.43. The Bertz CT molecular complexity index is 807. The molecular formula is C22H24FNO2. The molecule has 2 aliphatic rings. The van der Waals surface area contributed by atoms with Crippen molar-refractivity contribution in [2.75, 3.05) is 13.1 Å². The van der Waals surface area contributed by atoms with Gasteiger partial charge in [-0.25, -0.2) is 4.39 Å². The van der Waals surface area contributed by atoms with Gasteiger partial charge in [-0.2, -0.15) is 0 Å². The van der Waals surface area contributed by atoms with Gasteiger partial charge in [0.25, 0.3) is 0 Å². The molecule has 2 aliphatic heterocycles. The monoisotopic (exact) mass is 353 g/mol. The maximum Gasteiger partial charge on any atom is 0.170 e. The Morgan fingerprint density at radius 1 is 1.08 bits per heavy atom. The second kappa shape index (κ2) is 6.84. The molecule has 2 aromatic carbocycles. The summed E-state index contributed by atoms with van der Waals surface area (Å²) < 4.78 is 19.4. The number of carbonyl (C=O) groups is 1. The Morgan fingerprint density at radius 3 is 2.46 bits per heavy atom. The fourth-order valence-electron chi connectivity index (χ4n) is 4.01. The average Bonchev–Trinajstić information content (AvgIpc) is 2.65. The van der Waals surface area contributed by atoms with Gasteiger partial charge in [0.05, 0.1) is 12.0 Å². The van der Waals surface area contributed by atoms with Gasteiger partial charge < -0.3 is 4.74 Å². The number of likely N-dealkylation sites (tertiary alicyclic amines) is 1. The number of carbonyl (C=O) groups excluding carboxylic acids is 1. The van der Waals surface area contributed by atoms with Gasteiger partial charge in [0.1, 0.15) is 17.2 Å². The third-order valence-corrected chi connectivity index (χ3v) is 5.65. The van der Waals surface area contributed by atoms with Crippen LogP contribution in [0.15, 0.2) is 42.5 Å². The molecule has 26 heavy (non-hydrogen) atoms. The summed E-state index contributed by atoms with van der Waals surface area (Å²) in [4.78, 5) is 15.1. The van der Waals surface area contributed by atoms with Crippen molar-refractivity contribution in [3.8, 4) is 5.75 Å². The molecule has 4 heteroatoms. The number of nitrogens with zero attached hydrogens (tertiary/aromatic N) is 1. The molecular weight excluding hydrogens is 329 g/mol. The molecule has 0 N–H and O–H groups in total. The van der Waals surface area contributed by atoms with Crippen LogP contribution < -0.4 is 4.74 Å². The van der Waals surface area contributed by atoms with Gasteiger partial charge in [0.15, 0.2) is 5.78 Å². The summed E-state index contributed by atoms with van der Waals surface area (Å²) >= 11 is 0. The van der Waals surface area contributed by atoms with Crippen molar-refractivity contribution in [3.05, 3.63) is 65.0 Å². The third-order valence-electron chi connectivity index (χ3n) is 5.65. The summed E-state index contributed by atoms with van der Waals surface area (Å²) in [7, 11) is 0. The summed E-state index contributed by atoms with van der Waals surface area (Å²) in [6.07, 6.45) is 3.07. The number of piperidine rings is 1. The van der Waals surface area contributed by atoms with Crippen molar-refractivity contribution in [1.29, 1.82) is 0 Å². The number of benzene rings is 2. The first-order chi connectivity index (χ1) is 12.6. The van der Waals surface area contributed by atoms with E-state index in [-0.39, 0.29) is 17.2 Å². The van der Waals surface area contributed by atoms with Crippen LogP contribution in [0.5, 0.6) is 5.75 Å². The van der Waals surface area contributed by atoms with E-state index >= 15 is 0 Å².